The molecule has 0 spiro atoms. The number of anilines is 1. The average Bonchev–Trinajstić information content (AvgIpc) is 3.27. The summed E-state index contributed by atoms with van der Waals surface area (Å²) in [6, 6.07) is 2.26. The van der Waals surface area contributed by atoms with Crippen LogP contribution in [0.3, 0.4) is 0 Å². The third kappa shape index (κ3) is 5.50. The van der Waals surface area contributed by atoms with Gasteiger partial charge in [0.1, 0.15) is 18.3 Å². The third-order valence-electron chi connectivity index (χ3n) is 5.07. The zero-order chi connectivity index (χ0) is 24.3. The van der Waals surface area contributed by atoms with Crippen molar-refractivity contribution >= 4 is 25.6 Å². The molecule has 33 heavy (non-hydrogen) atoms. The second-order valence-corrected chi connectivity index (χ2v) is 9.62. The van der Waals surface area contributed by atoms with Crippen LogP contribution in [0.15, 0.2) is 11.1 Å². The molecule has 0 saturated carbocycles. The zero-order valence-electron chi connectivity index (χ0n) is 19.0. The van der Waals surface area contributed by atoms with E-state index in [0.717, 1.165) is 0 Å². The monoisotopic (exact) mass is 483 g/mol. The molecule has 0 aliphatic carbocycles. The molecular formula is C19H30N7O6P. The van der Waals surface area contributed by atoms with Crippen LogP contribution in [0.25, 0.3) is 11.2 Å². The van der Waals surface area contributed by atoms with Gasteiger partial charge < -0.3 is 29.7 Å². The highest BCUT2D eigenvalue weighted by Gasteiger charge is 2.45. The van der Waals surface area contributed by atoms with E-state index in [4.69, 9.17) is 24.8 Å². The Morgan fingerprint density at radius 2 is 2.03 bits per heavy atom. The zero-order valence-corrected chi connectivity index (χ0v) is 19.8. The summed E-state index contributed by atoms with van der Waals surface area (Å²) < 4.78 is 21.1. The number of nitrogens with two attached hydrogens (primary N) is 1. The number of fused-ring (bicyclic) bond motifs is 1. The number of nitrogen functional groups attached to an aromatic ring is 1. The van der Waals surface area contributed by atoms with Crippen molar-refractivity contribution in [3.63, 3.8) is 0 Å². The maximum Gasteiger partial charge on any atom is 0.280 e. The normalized spacial score (nSPS) is 24.2. The fraction of sp³-hybridized carbons (Fsp3) is 0.684. The van der Waals surface area contributed by atoms with Gasteiger partial charge in [0.2, 0.25) is 5.95 Å². The number of rotatable bonds is 10. The predicted molar refractivity (Wildman–Crippen MR) is 120 cm³/mol. The number of nitrogens with one attached hydrogen (secondary N) is 1. The van der Waals surface area contributed by atoms with E-state index in [9.17, 15) is 15.0 Å². The van der Waals surface area contributed by atoms with Crippen LogP contribution in [0.4, 0.5) is 5.95 Å². The summed E-state index contributed by atoms with van der Waals surface area (Å²) in [6.07, 6.45) is -3.01. The topological polar surface area (TPSA) is 185 Å². The first-order valence-corrected chi connectivity index (χ1v) is 11.7. The molecule has 1 aliphatic rings. The molecule has 182 valence electrons. The molecule has 0 radical (unpaired) electrons. The maximum atomic E-state index is 12.0. The smallest absolute Gasteiger partial charge is 0.280 e. The molecule has 3 heterocycles. The first kappa shape index (κ1) is 25.5. The van der Waals surface area contributed by atoms with Crippen molar-refractivity contribution in [1.29, 1.82) is 5.26 Å². The minimum absolute atomic E-state index is 0.0353. The van der Waals surface area contributed by atoms with Crippen LogP contribution in [-0.4, -0.2) is 78.0 Å². The van der Waals surface area contributed by atoms with Gasteiger partial charge in [0.05, 0.1) is 32.0 Å². The first-order chi connectivity index (χ1) is 15.6. The molecular weight excluding hydrogens is 453 g/mol. The lowest BCUT2D eigenvalue weighted by Crippen LogP contribution is -2.36. The molecule has 1 saturated heterocycles. The van der Waals surface area contributed by atoms with Gasteiger partial charge in [-0.25, -0.2) is 9.65 Å². The number of H-pyrrole nitrogens is 1. The Balaban J connectivity index is 1.76. The third-order valence-corrected chi connectivity index (χ3v) is 7.15. The van der Waals surface area contributed by atoms with Gasteiger partial charge in [-0.05, 0) is 27.7 Å². The lowest BCUT2D eigenvalue weighted by Gasteiger charge is -2.36. The summed E-state index contributed by atoms with van der Waals surface area (Å²) in [7, 11) is -1.54. The predicted octanol–water partition coefficient (Wildman–Crippen LogP) is 0.614. The van der Waals surface area contributed by atoms with Gasteiger partial charge in [0, 0.05) is 12.1 Å². The Hall–Kier alpha value is -2.17. The number of aromatic amines is 1. The summed E-state index contributed by atoms with van der Waals surface area (Å²) in [4.78, 5) is 22.5. The van der Waals surface area contributed by atoms with Crippen molar-refractivity contribution < 1.29 is 24.0 Å². The quantitative estimate of drug-likeness (QED) is 0.274. The van der Waals surface area contributed by atoms with Crippen LogP contribution in [0, 0.1) is 11.3 Å². The fourth-order valence-corrected chi connectivity index (χ4v) is 5.29. The van der Waals surface area contributed by atoms with Crippen molar-refractivity contribution in [3.8, 4) is 6.07 Å². The molecule has 5 atom stereocenters. The second-order valence-electron chi connectivity index (χ2n) is 8.16. The van der Waals surface area contributed by atoms with Crippen molar-refractivity contribution in [1.82, 2.24) is 24.2 Å². The minimum atomic E-state index is -1.54. The van der Waals surface area contributed by atoms with Gasteiger partial charge in [0.15, 0.2) is 17.4 Å². The van der Waals surface area contributed by atoms with Crippen molar-refractivity contribution in [2.24, 2.45) is 0 Å². The van der Waals surface area contributed by atoms with Gasteiger partial charge in [-0.3, -0.25) is 14.3 Å². The molecule has 1 aliphatic heterocycles. The first-order valence-electron chi connectivity index (χ1n) is 10.6. The summed E-state index contributed by atoms with van der Waals surface area (Å²) >= 11 is 0. The van der Waals surface area contributed by atoms with E-state index in [1.807, 2.05) is 38.4 Å². The minimum Gasteiger partial charge on any atom is -0.387 e. The molecule has 1 unspecified atom stereocenters. The Morgan fingerprint density at radius 3 is 2.67 bits per heavy atom. The Labute approximate surface area is 192 Å². The van der Waals surface area contributed by atoms with Crippen LogP contribution < -0.4 is 11.3 Å². The molecule has 5 N–H and O–H groups in total. The number of nitriles is 1. The molecule has 3 rings (SSSR count). The largest absolute Gasteiger partial charge is 0.387 e. The van der Waals surface area contributed by atoms with Crippen molar-refractivity contribution in [2.45, 2.75) is 70.7 Å². The molecule has 0 bridgehead atoms. The molecule has 14 heteroatoms. The number of nitrogens with zero attached hydrogens (tertiary/aromatic N) is 5. The highest BCUT2D eigenvalue weighted by atomic mass is 31.2. The SMILES string of the molecule is CC(C)N(C(C)C)P(OCCC#N)OC[C@H]1O[C@@H](n2cnc3c(=O)[nH]c(N)nc32)[C@H](O)[C@@H]1O. The second kappa shape index (κ2) is 10.8. The highest BCUT2D eigenvalue weighted by Crippen LogP contribution is 2.46. The van der Waals surface area contributed by atoms with Gasteiger partial charge in [-0.15, -0.1) is 0 Å². The summed E-state index contributed by atoms with van der Waals surface area (Å²) in [6.45, 7) is 8.19. The Kier molecular flexibility index (Phi) is 8.36. The molecule has 13 nitrogen and oxygen atoms in total. The Morgan fingerprint density at radius 1 is 1.33 bits per heavy atom. The van der Waals surface area contributed by atoms with Crippen LogP contribution in [-0.2, 0) is 13.8 Å². The lowest BCUT2D eigenvalue weighted by atomic mass is 10.1. The van der Waals surface area contributed by atoms with Crippen molar-refractivity contribution in [2.75, 3.05) is 18.9 Å². The maximum absolute atomic E-state index is 12.0. The molecule has 0 amide bonds. The van der Waals surface area contributed by atoms with E-state index in [1.165, 1.54) is 10.9 Å². The van der Waals surface area contributed by atoms with E-state index in [1.54, 1.807) is 0 Å². The van der Waals surface area contributed by atoms with Gasteiger partial charge in [0.25, 0.3) is 14.1 Å². The van der Waals surface area contributed by atoms with Crippen molar-refractivity contribution in [3.05, 3.63) is 16.7 Å². The number of imidazole rings is 1. The summed E-state index contributed by atoms with van der Waals surface area (Å²) in [5.41, 5.74) is 5.27. The molecule has 1 fully saturated rings. The van der Waals surface area contributed by atoms with Crippen LogP contribution in [0.2, 0.25) is 0 Å². The van der Waals surface area contributed by atoms with E-state index >= 15 is 0 Å². The average molecular weight is 483 g/mol. The standard InChI is InChI=1S/C19H30N7O6P/c1-10(2)26(11(3)4)33(30-7-5-6-20)31-8-12-14(27)15(28)18(32-12)25-9-22-13-16(25)23-19(21)24-17(13)29/h9-12,14-15,18,27-28H,5,7-8H2,1-4H3,(H3,21,23,24,29)/t12-,14-,15-,18-,33?/m1/s1. The molecule has 2 aromatic rings. The van der Waals surface area contributed by atoms with E-state index in [-0.39, 0.29) is 48.8 Å². The van der Waals surface area contributed by atoms with Crippen LogP contribution >= 0.6 is 8.53 Å². The number of aliphatic hydroxyl groups is 2. The van der Waals surface area contributed by atoms with E-state index < -0.39 is 38.6 Å². The van der Waals surface area contributed by atoms with Crippen LogP contribution in [0.1, 0.15) is 40.3 Å². The lowest BCUT2D eigenvalue weighted by molar-refractivity contribution is -0.0491. The molecule has 0 aromatic carbocycles. The Bertz CT molecular complexity index is 1030. The van der Waals surface area contributed by atoms with Gasteiger partial charge in [-0.1, -0.05) is 0 Å². The number of hydrogen-bond donors (Lipinski definition) is 4. The summed E-state index contributed by atoms with van der Waals surface area (Å²) in [5, 5.41) is 30.1. The van der Waals surface area contributed by atoms with Crippen LogP contribution in [0.5, 0.6) is 0 Å². The molecule has 2 aromatic heterocycles. The van der Waals surface area contributed by atoms with Gasteiger partial charge >= 0.3 is 0 Å². The van der Waals surface area contributed by atoms with E-state index in [2.05, 4.69) is 15.0 Å². The fourth-order valence-electron chi connectivity index (χ4n) is 3.68. The number of ether oxygens (including phenoxy) is 1. The number of hydrogen-bond acceptors (Lipinski definition) is 11. The van der Waals surface area contributed by atoms with Gasteiger partial charge in [-0.2, -0.15) is 10.2 Å². The number of aliphatic hydroxyl groups excluding tert-OH is 2. The number of aromatic nitrogens is 4. The summed E-state index contributed by atoms with van der Waals surface area (Å²) in [5.74, 6) is -0.107. The highest BCUT2D eigenvalue weighted by molar-refractivity contribution is 7.44. The van der Waals surface area contributed by atoms with E-state index in [0.29, 0.717) is 0 Å².